The standard InChI is InChI=1S/C12H22N2O5S/c1-8(7-20(2,18)19)13-12(17)14-10-5-3-4-9(6-10)11(15)16/h8-10H,3-7H2,1-2H3,(H,15,16)(H2,13,14,17). The Kier molecular flexibility index (Phi) is 5.79. The number of hydrogen-bond donors (Lipinski definition) is 3. The first kappa shape index (κ1) is 16.7. The summed E-state index contributed by atoms with van der Waals surface area (Å²) in [5, 5.41) is 14.2. The number of carboxylic acid groups (broad SMARTS) is 1. The van der Waals surface area contributed by atoms with E-state index in [2.05, 4.69) is 10.6 Å². The van der Waals surface area contributed by atoms with Crippen molar-refractivity contribution in [1.29, 1.82) is 0 Å². The molecule has 0 aliphatic heterocycles. The van der Waals surface area contributed by atoms with Gasteiger partial charge in [0.25, 0.3) is 0 Å². The number of carboxylic acids is 1. The van der Waals surface area contributed by atoms with Crippen LogP contribution in [-0.2, 0) is 14.6 Å². The molecule has 2 amide bonds. The molecule has 0 aromatic rings. The van der Waals surface area contributed by atoms with E-state index in [1.807, 2.05) is 0 Å². The fraction of sp³-hybridized carbons (Fsp3) is 0.833. The van der Waals surface area contributed by atoms with Gasteiger partial charge in [0.15, 0.2) is 0 Å². The van der Waals surface area contributed by atoms with Gasteiger partial charge >= 0.3 is 12.0 Å². The minimum absolute atomic E-state index is 0.122. The van der Waals surface area contributed by atoms with Crippen LogP contribution < -0.4 is 10.6 Å². The summed E-state index contributed by atoms with van der Waals surface area (Å²) in [5.74, 6) is -1.37. The third-order valence-electron chi connectivity index (χ3n) is 3.29. The fourth-order valence-corrected chi connectivity index (χ4v) is 3.48. The number of carbonyl (C=O) groups is 2. The van der Waals surface area contributed by atoms with E-state index in [9.17, 15) is 18.0 Å². The van der Waals surface area contributed by atoms with Crippen molar-refractivity contribution in [1.82, 2.24) is 10.6 Å². The summed E-state index contributed by atoms with van der Waals surface area (Å²) in [5.41, 5.74) is 0. The van der Waals surface area contributed by atoms with Crippen LogP contribution in [0.1, 0.15) is 32.6 Å². The summed E-state index contributed by atoms with van der Waals surface area (Å²) < 4.78 is 22.2. The molecule has 0 aromatic heterocycles. The molecule has 0 spiro atoms. The molecule has 1 saturated carbocycles. The van der Waals surface area contributed by atoms with Crippen molar-refractivity contribution in [2.24, 2.45) is 5.92 Å². The maximum atomic E-state index is 11.7. The Bertz CT molecular complexity index is 462. The quantitative estimate of drug-likeness (QED) is 0.679. The van der Waals surface area contributed by atoms with Gasteiger partial charge in [-0.2, -0.15) is 0 Å². The highest BCUT2D eigenvalue weighted by Gasteiger charge is 2.28. The number of urea groups is 1. The normalized spacial score (nSPS) is 24.7. The Labute approximate surface area is 119 Å². The first-order valence-corrected chi connectivity index (χ1v) is 8.71. The van der Waals surface area contributed by atoms with Gasteiger partial charge in [-0.3, -0.25) is 4.79 Å². The van der Waals surface area contributed by atoms with Crippen molar-refractivity contribution < 1.29 is 23.1 Å². The minimum atomic E-state index is -3.14. The van der Waals surface area contributed by atoms with E-state index < -0.39 is 33.8 Å². The van der Waals surface area contributed by atoms with Crippen LogP contribution in [0.2, 0.25) is 0 Å². The fourth-order valence-electron chi connectivity index (χ4n) is 2.49. The van der Waals surface area contributed by atoms with Gasteiger partial charge < -0.3 is 15.7 Å². The maximum absolute atomic E-state index is 11.7. The molecule has 3 N–H and O–H groups in total. The molecular formula is C12H22N2O5S. The Morgan fingerprint density at radius 2 is 2.00 bits per heavy atom. The van der Waals surface area contributed by atoms with E-state index in [0.717, 1.165) is 19.1 Å². The van der Waals surface area contributed by atoms with Crippen LogP contribution in [0, 0.1) is 5.92 Å². The maximum Gasteiger partial charge on any atom is 0.315 e. The van der Waals surface area contributed by atoms with Crippen LogP contribution in [0.5, 0.6) is 0 Å². The van der Waals surface area contributed by atoms with Crippen LogP contribution in [0.4, 0.5) is 4.79 Å². The van der Waals surface area contributed by atoms with E-state index >= 15 is 0 Å². The molecule has 20 heavy (non-hydrogen) atoms. The van der Waals surface area contributed by atoms with E-state index in [0.29, 0.717) is 12.8 Å². The predicted octanol–water partition coefficient (Wildman–Crippen LogP) is 0.362. The molecule has 1 aliphatic rings. The molecule has 1 aliphatic carbocycles. The van der Waals surface area contributed by atoms with E-state index in [1.165, 1.54) is 0 Å². The van der Waals surface area contributed by atoms with Crippen LogP contribution in [0.15, 0.2) is 0 Å². The van der Waals surface area contributed by atoms with Gasteiger partial charge in [0.2, 0.25) is 0 Å². The second-order valence-electron chi connectivity index (χ2n) is 5.51. The predicted molar refractivity (Wildman–Crippen MR) is 74.2 cm³/mol. The lowest BCUT2D eigenvalue weighted by Crippen LogP contribution is -2.48. The number of sulfone groups is 1. The van der Waals surface area contributed by atoms with Crippen molar-refractivity contribution in [3.8, 4) is 0 Å². The molecule has 0 heterocycles. The number of carbonyl (C=O) groups excluding carboxylic acids is 1. The van der Waals surface area contributed by atoms with E-state index in [4.69, 9.17) is 5.11 Å². The van der Waals surface area contributed by atoms with Gasteiger partial charge in [0.1, 0.15) is 9.84 Å². The number of amides is 2. The molecule has 0 saturated heterocycles. The number of rotatable bonds is 5. The highest BCUT2D eigenvalue weighted by atomic mass is 32.2. The summed E-state index contributed by atoms with van der Waals surface area (Å²) in [7, 11) is -3.14. The molecule has 0 bridgehead atoms. The number of hydrogen-bond acceptors (Lipinski definition) is 4. The van der Waals surface area contributed by atoms with Crippen molar-refractivity contribution in [3.63, 3.8) is 0 Å². The second-order valence-corrected chi connectivity index (χ2v) is 7.69. The summed E-state index contributed by atoms with van der Waals surface area (Å²) in [6, 6.07) is -1.10. The largest absolute Gasteiger partial charge is 0.481 e. The van der Waals surface area contributed by atoms with E-state index in [1.54, 1.807) is 6.92 Å². The minimum Gasteiger partial charge on any atom is -0.481 e. The first-order chi connectivity index (χ1) is 9.17. The van der Waals surface area contributed by atoms with E-state index in [-0.39, 0.29) is 11.8 Å². The Hall–Kier alpha value is -1.31. The third kappa shape index (κ3) is 6.23. The first-order valence-electron chi connectivity index (χ1n) is 6.65. The van der Waals surface area contributed by atoms with Crippen LogP contribution in [-0.4, -0.2) is 49.6 Å². The summed E-state index contributed by atoms with van der Waals surface area (Å²) in [6.07, 6.45) is 3.68. The summed E-state index contributed by atoms with van der Waals surface area (Å²) in [6.45, 7) is 1.61. The van der Waals surface area contributed by atoms with Gasteiger partial charge in [-0.05, 0) is 26.2 Å². The molecule has 3 atom stereocenters. The molecule has 3 unspecified atom stereocenters. The van der Waals surface area contributed by atoms with Crippen LogP contribution in [0.3, 0.4) is 0 Å². The third-order valence-corrected chi connectivity index (χ3v) is 4.39. The van der Waals surface area contributed by atoms with Gasteiger partial charge in [-0.25, -0.2) is 13.2 Å². The van der Waals surface area contributed by atoms with Gasteiger partial charge in [-0.15, -0.1) is 0 Å². The lowest BCUT2D eigenvalue weighted by atomic mass is 9.86. The van der Waals surface area contributed by atoms with Crippen molar-refractivity contribution in [3.05, 3.63) is 0 Å². The zero-order valence-electron chi connectivity index (χ0n) is 11.8. The Balaban J connectivity index is 2.40. The topological polar surface area (TPSA) is 113 Å². The zero-order chi connectivity index (χ0) is 15.3. The summed E-state index contributed by atoms with van der Waals surface area (Å²) in [4.78, 5) is 22.6. The highest BCUT2D eigenvalue weighted by Crippen LogP contribution is 2.24. The molecule has 116 valence electrons. The molecule has 1 rings (SSSR count). The molecule has 8 heteroatoms. The lowest BCUT2D eigenvalue weighted by molar-refractivity contribution is -0.143. The number of aliphatic carboxylic acids is 1. The molecular weight excluding hydrogens is 284 g/mol. The van der Waals surface area contributed by atoms with Crippen LogP contribution in [0.25, 0.3) is 0 Å². The zero-order valence-corrected chi connectivity index (χ0v) is 12.6. The highest BCUT2D eigenvalue weighted by molar-refractivity contribution is 7.90. The monoisotopic (exact) mass is 306 g/mol. The molecule has 0 radical (unpaired) electrons. The Morgan fingerprint density at radius 1 is 1.35 bits per heavy atom. The summed E-state index contributed by atoms with van der Waals surface area (Å²) >= 11 is 0. The smallest absolute Gasteiger partial charge is 0.315 e. The SMILES string of the molecule is CC(CS(C)(=O)=O)NC(=O)NC1CCCC(C(=O)O)C1. The molecule has 7 nitrogen and oxygen atoms in total. The molecule has 0 aromatic carbocycles. The van der Waals surface area contributed by atoms with Gasteiger partial charge in [0.05, 0.1) is 11.7 Å². The lowest BCUT2D eigenvalue weighted by Gasteiger charge is -2.27. The average Bonchev–Trinajstić information content (AvgIpc) is 2.25. The molecule has 1 fully saturated rings. The van der Waals surface area contributed by atoms with Gasteiger partial charge in [-0.1, -0.05) is 6.42 Å². The Morgan fingerprint density at radius 3 is 2.55 bits per heavy atom. The number of nitrogens with one attached hydrogen (secondary N) is 2. The van der Waals surface area contributed by atoms with Crippen molar-refractivity contribution in [2.45, 2.75) is 44.7 Å². The second kappa shape index (κ2) is 6.92. The van der Waals surface area contributed by atoms with Gasteiger partial charge in [0, 0.05) is 18.3 Å². The van der Waals surface area contributed by atoms with Crippen molar-refractivity contribution in [2.75, 3.05) is 12.0 Å². The average molecular weight is 306 g/mol. The van der Waals surface area contributed by atoms with Crippen molar-refractivity contribution >= 4 is 21.8 Å². The van der Waals surface area contributed by atoms with Crippen LogP contribution >= 0.6 is 0 Å².